The molecule has 1 amide bonds. The average molecular weight is 391 g/mol. The molecule has 1 aromatic rings. The Hall–Kier alpha value is -2.19. The predicted molar refractivity (Wildman–Crippen MR) is 106 cm³/mol. The Bertz CT molecular complexity index is 681. The number of carbonyl (C=O) groups excluding carboxylic acids is 2. The molecule has 2 fully saturated rings. The van der Waals surface area contributed by atoms with Gasteiger partial charge in [-0.25, -0.2) is 0 Å². The number of benzene rings is 1. The molecule has 0 unspecified atom stereocenters. The highest BCUT2D eigenvalue weighted by Crippen LogP contribution is 2.17. The number of carbonyl (C=O) groups is 2. The number of nitrogens with one attached hydrogen (secondary N) is 1. The second kappa shape index (κ2) is 9.14. The molecule has 0 aromatic heterocycles. The molecule has 2 aliphatic heterocycles. The third-order valence-corrected chi connectivity index (χ3v) is 5.23. The maximum Gasteiger partial charge on any atom is 0.309 e. The molecule has 0 aliphatic carbocycles. The van der Waals surface area contributed by atoms with Crippen LogP contribution in [0.25, 0.3) is 0 Å². The van der Waals surface area contributed by atoms with E-state index in [0.717, 1.165) is 24.1 Å². The van der Waals surface area contributed by atoms with Gasteiger partial charge in [-0.15, -0.1) is 0 Å². The van der Waals surface area contributed by atoms with Crippen molar-refractivity contribution in [1.29, 1.82) is 0 Å². The zero-order valence-electron chi connectivity index (χ0n) is 15.5. The first-order valence-electron chi connectivity index (χ1n) is 9.19. The van der Waals surface area contributed by atoms with Crippen molar-refractivity contribution in [3.8, 4) is 0 Å². The van der Waals surface area contributed by atoms with Crippen LogP contribution in [0.3, 0.4) is 0 Å². The van der Waals surface area contributed by atoms with E-state index in [2.05, 4.69) is 15.0 Å². The van der Waals surface area contributed by atoms with Crippen molar-refractivity contribution in [2.75, 3.05) is 45.2 Å². The zero-order valence-corrected chi connectivity index (χ0v) is 16.3. The lowest BCUT2D eigenvalue weighted by atomic mass is 10.1. The number of ether oxygens (including phenoxy) is 2. The van der Waals surface area contributed by atoms with E-state index in [0.29, 0.717) is 37.9 Å². The normalized spacial score (nSPS) is 19.7. The van der Waals surface area contributed by atoms with Crippen molar-refractivity contribution < 1.29 is 19.1 Å². The lowest BCUT2D eigenvalue weighted by Gasteiger charge is -2.37. The Labute approximate surface area is 164 Å². The van der Waals surface area contributed by atoms with Gasteiger partial charge in [0.25, 0.3) is 5.91 Å². The summed E-state index contributed by atoms with van der Waals surface area (Å²) in [5.41, 5.74) is 1.76. The summed E-state index contributed by atoms with van der Waals surface area (Å²) in [6.45, 7) is 3.38. The summed E-state index contributed by atoms with van der Waals surface area (Å²) in [5, 5.41) is 3.86. The molecule has 146 valence electrons. The molecule has 27 heavy (non-hydrogen) atoms. The van der Waals surface area contributed by atoms with Gasteiger partial charge >= 0.3 is 5.97 Å². The maximum absolute atomic E-state index is 12.4. The molecule has 0 bridgehead atoms. The zero-order chi connectivity index (χ0) is 19.2. The van der Waals surface area contributed by atoms with E-state index in [1.807, 2.05) is 29.2 Å². The van der Waals surface area contributed by atoms with Crippen molar-refractivity contribution in [2.24, 2.45) is 0 Å². The van der Waals surface area contributed by atoms with Crippen LogP contribution in [-0.2, 0) is 25.5 Å². The second-order valence-corrected chi connectivity index (χ2v) is 7.08. The molecule has 2 aliphatic rings. The van der Waals surface area contributed by atoms with Gasteiger partial charge in [0.2, 0.25) is 0 Å². The molecule has 0 radical (unpaired) electrons. The number of nitrogens with zero attached hydrogens (tertiary/aromatic N) is 2. The minimum Gasteiger partial charge on any atom is -0.469 e. The molecule has 3 rings (SSSR count). The van der Waals surface area contributed by atoms with E-state index in [1.165, 1.54) is 7.11 Å². The molecule has 0 saturated carbocycles. The number of anilines is 1. The lowest BCUT2D eigenvalue weighted by Crippen LogP contribution is -2.53. The average Bonchev–Trinajstić information content (AvgIpc) is 3.23. The first-order chi connectivity index (χ1) is 13.1. The summed E-state index contributed by atoms with van der Waals surface area (Å²) in [5.74, 6) is -0.158. The van der Waals surface area contributed by atoms with Crippen LogP contribution in [0.15, 0.2) is 24.3 Å². The molecule has 2 saturated heterocycles. The van der Waals surface area contributed by atoms with E-state index in [4.69, 9.17) is 17.0 Å². The van der Waals surface area contributed by atoms with Crippen LogP contribution in [-0.4, -0.2) is 72.8 Å². The largest absolute Gasteiger partial charge is 0.469 e. The van der Waals surface area contributed by atoms with Gasteiger partial charge < -0.3 is 24.6 Å². The maximum atomic E-state index is 12.4. The molecule has 8 heteroatoms. The highest BCUT2D eigenvalue weighted by molar-refractivity contribution is 7.80. The fraction of sp³-hybridized carbons (Fsp3) is 0.526. The first kappa shape index (κ1) is 19.6. The summed E-state index contributed by atoms with van der Waals surface area (Å²) < 4.78 is 10.2. The lowest BCUT2D eigenvalue weighted by molar-refractivity contribution is -0.142. The van der Waals surface area contributed by atoms with Gasteiger partial charge in [-0.1, -0.05) is 12.1 Å². The third kappa shape index (κ3) is 5.17. The molecule has 7 nitrogen and oxygen atoms in total. The van der Waals surface area contributed by atoms with Crippen molar-refractivity contribution in [3.05, 3.63) is 29.8 Å². The van der Waals surface area contributed by atoms with Gasteiger partial charge in [-0.2, -0.15) is 0 Å². The molecule has 1 N–H and O–H groups in total. The van der Waals surface area contributed by atoms with E-state index >= 15 is 0 Å². The van der Waals surface area contributed by atoms with Gasteiger partial charge in [-0.05, 0) is 42.8 Å². The Morgan fingerprint density at radius 2 is 1.85 bits per heavy atom. The summed E-state index contributed by atoms with van der Waals surface area (Å²) in [6.07, 6.45) is 1.78. The van der Waals surface area contributed by atoms with Crippen molar-refractivity contribution in [3.63, 3.8) is 0 Å². The summed E-state index contributed by atoms with van der Waals surface area (Å²) in [7, 11) is 1.38. The monoisotopic (exact) mass is 391 g/mol. The number of hydrogen-bond acceptors (Lipinski definition) is 5. The van der Waals surface area contributed by atoms with Crippen molar-refractivity contribution >= 4 is 34.9 Å². The quantitative estimate of drug-likeness (QED) is 0.615. The fourth-order valence-electron chi connectivity index (χ4n) is 3.25. The molecule has 2 heterocycles. The van der Waals surface area contributed by atoms with Crippen LogP contribution in [0.4, 0.5) is 5.69 Å². The number of thiocarbonyl (C=S) groups is 1. The number of hydrogen-bond donors (Lipinski definition) is 1. The fourth-order valence-corrected chi connectivity index (χ4v) is 3.55. The molecule has 0 spiro atoms. The van der Waals surface area contributed by atoms with Crippen LogP contribution >= 0.6 is 12.2 Å². The third-order valence-electron chi connectivity index (χ3n) is 4.87. The van der Waals surface area contributed by atoms with Gasteiger partial charge in [0.1, 0.15) is 6.10 Å². The summed E-state index contributed by atoms with van der Waals surface area (Å²) in [4.78, 5) is 27.6. The Kier molecular flexibility index (Phi) is 6.63. The minimum atomic E-state index is -0.262. The van der Waals surface area contributed by atoms with Crippen LogP contribution < -0.4 is 5.32 Å². The summed E-state index contributed by atoms with van der Waals surface area (Å²) >= 11 is 5.50. The van der Waals surface area contributed by atoms with E-state index in [-0.39, 0.29) is 24.4 Å². The van der Waals surface area contributed by atoms with Crippen LogP contribution in [0.2, 0.25) is 0 Å². The van der Waals surface area contributed by atoms with E-state index in [1.54, 1.807) is 0 Å². The van der Waals surface area contributed by atoms with Crippen LogP contribution in [0, 0.1) is 0 Å². The predicted octanol–water partition coefficient (Wildman–Crippen LogP) is 1.42. The molecule has 1 aromatic carbocycles. The highest BCUT2D eigenvalue weighted by atomic mass is 32.1. The van der Waals surface area contributed by atoms with Crippen LogP contribution in [0.5, 0.6) is 0 Å². The van der Waals surface area contributed by atoms with Gasteiger partial charge in [0, 0.05) is 38.5 Å². The van der Waals surface area contributed by atoms with Crippen LogP contribution in [0.1, 0.15) is 18.4 Å². The Morgan fingerprint density at radius 3 is 2.44 bits per heavy atom. The number of rotatable bonds is 4. The SMILES string of the molecule is COC(=O)Cc1ccc(NC(=S)N2CCN(C(=O)[C@@H]3CCCO3)CC2)cc1. The molecule has 1 atom stereocenters. The minimum absolute atomic E-state index is 0.104. The van der Waals surface area contributed by atoms with E-state index < -0.39 is 0 Å². The van der Waals surface area contributed by atoms with Gasteiger partial charge in [0.15, 0.2) is 5.11 Å². The number of amides is 1. The number of esters is 1. The highest BCUT2D eigenvalue weighted by Gasteiger charge is 2.30. The van der Waals surface area contributed by atoms with E-state index in [9.17, 15) is 9.59 Å². The van der Waals surface area contributed by atoms with Crippen molar-refractivity contribution in [1.82, 2.24) is 9.80 Å². The Balaban J connectivity index is 1.46. The van der Waals surface area contributed by atoms with Crippen molar-refractivity contribution in [2.45, 2.75) is 25.4 Å². The standard InChI is InChI=1S/C19H25N3O4S/c1-25-17(23)13-14-4-6-15(7-5-14)20-19(27)22-10-8-21(9-11-22)18(24)16-3-2-12-26-16/h4-7,16H,2-3,8-13H2,1H3,(H,20,27)/t16-/m0/s1. The second-order valence-electron chi connectivity index (χ2n) is 6.69. The first-order valence-corrected chi connectivity index (χ1v) is 9.59. The number of piperazine rings is 1. The van der Waals surface area contributed by atoms with Gasteiger partial charge in [-0.3, -0.25) is 9.59 Å². The summed E-state index contributed by atoms with van der Waals surface area (Å²) in [6, 6.07) is 7.53. The Morgan fingerprint density at radius 1 is 1.19 bits per heavy atom. The van der Waals surface area contributed by atoms with Gasteiger partial charge in [0.05, 0.1) is 13.5 Å². The smallest absolute Gasteiger partial charge is 0.309 e. The molecular weight excluding hydrogens is 366 g/mol. The molecular formula is C19H25N3O4S. The number of methoxy groups -OCH3 is 1. The topological polar surface area (TPSA) is 71.1 Å².